The second-order valence-corrected chi connectivity index (χ2v) is 6.69. The van der Waals surface area contributed by atoms with Crippen molar-refractivity contribution in [3.05, 3.63) is 52.0 Å². The summed E-state index contributed by atoms with van der Waals surface area (Å²) in [5.41, 5.74) is 1.52. The smallest absolute Gasteiger partial charge is 0.308 e. The van der Waals surface area contributed by atoms with Crippen LogP contribution in [0.15, 0.2) is 35.7 Å². The lowest BCUT2D eigenvalue weighted by molar-refractivity contribution is -0.142. The molecule has 0 spiro atoms. The quantitative estimate of drug-likeness (QED) is 0.883. The van der Waals surface area contributed by atoms with E-state index in [9.17, 15) is 14.7 Å². The molecular formula is C17H18N2O3S. The van der Waals surface area contributed by atoms with Crippen molar-refractivity contribution < 1.29 is 14.7 Å². The van der Waals surface area contributed by atoms with Crippen LogP contribution in [0.4, 0.5) is 0 Å². The summed E-state index contributed by atoms with van der Waals surface area (Å²) >= 11 is 1.45. The molecule has 0 bridgehead atoms. The molecule has 0 radical (unpaired) electrons. The zero-order valence-corrected chi connectivity index (χ0v) is 13.4. The third-order valence-corrected chi connectivity index (χ3v) is 4.98. The van der Waals surface area contributed by atoms with Crippen molar-refractivity contribution in [3.8, 4) is 0 Å². The van der Waals surface area contributed by atoms with E-state index in [1.54, 1.807) is 5.38 Å². The van der Waals surface area contributed by atoms with E-state index in [0.29, 0.717) is 25.0 Å². The van der Waals surface area contributed by atoms with Gasteiger partial charge in [-0.15, -0.1) is 11.3 Å². The molecule has 1 saturated carbocycles. The summed E-state index contributed by atoms with van der Waals surface area (Å²) < 4.78 is 0. The number of carbonyl (C=O) groups excluding carboxylic acids is 1. The standard InChI is InChI=1S/C17H18N2O3S/c20-16(19-13-8-4-7-12(13)17(21)22)14-10-23-15(18-14)9-11-5-2-1-3-6-11/h1-3,5-6,10,12-13H,4,7-9H2,(H,19,20)(H,21,22)/t12-,13+/m1/s1. The first-order valence-electron chi connectivity index (χ1n) is 7.65. The number of rotatable bonds is 5. The summed E-state index contributed by atoms with van der Waals surface area (Å²) in [6.45, 7) is 0. The van der Waals surface area contributed by atoms with E-state index in [-0.39, 0.29) is 11.9 Å². The van der Waals surface area contributed by atoms with Gasteiger partial charge in [-0.2, -0.15) is 0 Å². The van der Waals surface area contributed by atoms with E-state index in [1.165, 1.54) is 11.3 Å². The number of benzene rings is 1. The normalized spacial score (nSPS) is 20.3. The molecule has 2 atom stereocenters. The summed E-state index contributed by atoms with van der Waals surface area (Å²) in [6, 6.07) is 9.67. The topological polar surface area (TPSA) is 79.3 Å². The maximum atomic E-state index is 12.3. The molecule has 1 heterocycles. The summed E-state index contributed by atoms with van der Waals surface area (Å²) in [7, 11) is 0. The van der Waals surface area contributed by atoms with Crippen molar-refractivity contribution in [2.75, 3.05) is 0 Å². The second kappa shape index (κ2) is 6.91. The number of amides is 1. The highest BCUT2D eigenvalue weighted by Gasteiger charge is 2.34. The number of thiazole rings is 1. The molecule has 0 saturated heterocycles. The third kappa shape index (κ3) is 3.76. The lowest BCUT2D eigenvalue weighted by Gasteiger charge is -2.16. The van der Waals surface area contributed by atoms with Crippen LogP contribution in [-0.4, -0.2) is 28.0 Å². The summed E-state index contributed by atoms with van der Waals surface area (Å²) in [4.78, 5) is 27.8. The largest absolute Gasteiger partial charge is 0.481 e. The maximum absolute atomic E-state index is 12.3. The monoisotopic (exact) mass is 330 g/mol. The van der Waals surface area contributed by atoms with Gasteiger partial charge in [-0.1, -0.05) is 36.8 Å². The zero-order chi connectivity index (χ0) is 16.2. The highest BCUT2D eigenvalue weighted by Crippen LogP contribution is 2.26. The minimum atomic E-state index is -0.837. The van der Waals surface area contributed by atoms with Crippen molar-refractivity contribution >= 4 is 23.2 Å². The van der Waals surface area contributed by atoms with E-state index in [0.717, 1.165) is 17.0 Å². The molecule has 1 aliphatic carbocycles. The molecule has 2 aromatic rings. The fraction of sp³-hybridized carbons (Fsp3) is 0.353. The minimum Gasteiger partial charge on any atom is -0.481 e. The molecule has 0 aliphatic heterocycles. The molecule has 1 fully saturated rings. The predicted octanol–water partition coefficient (Wildman–Crippen LogP) is 2.72. The van der Waals surface area contributed by atoms with Gasteiger partial charge in [0.05, 0.1) is 10.9 Å². The van der Waals surface area contributed by atoms with Gasteiger partial charge in [0.15, 0.2) is 0 Å². The molecule has 5 nitrogen and oxygen atoms in total. The summed E-state index contributed by atoms with van der Waals surface area (Å²) in [5.74, 6) is -1.60. The van der Waals surface area contributed by atoms with Gasteiger partial charge in [0.25, 0.3) is 5.91 Å². The number of carboxylic acids is 1. The van der Waals surface area contributed by atoms with Crippen LogP contribution in [0.25, 0.3) is 0 Å². The summed E-state index contributed by atoms with van der Waals surface area (Å²) in [6.07, 6.45) is 2.86. The Bertz CT molecular complexity index is 699. The molecule has 1 aromatic carbocycles. The first-order valence-corrected chi connectivity index (χ1v) is 8.53. The molecule has 1 aromatic heterocycles. The van der Waals surface area contributed by atoms with Crippen LogP contribution < -0.4 is 5.32 Å². The van der Waals surface area contributed by atoms with Crippen molar-refractivity contribution in [1.82, 2.24) is 10.3 Å². The van der Waals surface area contributed by atoms with Gasteiger partial charge in [0, 0.05) is 17.8 Å². The van der Waals surface area contributed by atoms with Gasteiger partial charge in [-0.05, 0) is 18.4 Å². The Balaban J connectivity index is 1.63. The molecular weight excluding hydrogens is 312 g/mol. The van der Waals surface area contributed by atoms with Crippen LogP contribution in [0.1, 0.15) is 40.3 Å². The van der Waals surface area contributed by atoms with E-state index in [4.69, 9.17) is 0 Å². The van der Waals surface area contributed by atoms with Crippen LogP contribution in [0.5, 0.6) is 0 Å². The summed E-state index contributed by atoms with van der Waals surface area (Å²) in [5, 5.41) is 14.6. The van der Waals surface area contributed by atoms with Crippen molar-refractivity contribution in [3.63, 3.8) is 0 Å². The van der Waals surface area contributed by atoms with Crippen molar-refractivity contribution in [1.29, 1.82) is 0 Å². The maximum Gasteiger partial charge on any atom is 0.308 e. The van der Waals surface area contributed by atoms with Crippen molar-refractivity contribution in [2.45, 2.75) is 31.7 Å². The average Bonchev–Trinajstić information content (AvgIpc) is 3.17. The van der Waals surface area contributed by atoms with Gasteiger partial charge in [0.1, 0.15) is 5.69 Å². The Kier molecular flexibility index (Phi) is 4.71. The highest BCUT2D eigenvalue weighted by molar-refractivity contribution is 7.09. The fourth-order valence-corrected chi connectivity index (χ4v) is 3.75. The zero-order valence-electron chi connectivity index (χ0n) is 12.6. The van der Waals surface area contributed by atoms with Gasteiger partial charge in [-0.25, -0.2) is 4.98 Å². The Morgan fingerprint density at radius 2 is 2.04 bits per heavy atom. The van der Waals surface area contributed by atoms with Crippen LogP contribution in [0.3, 0.4) is 0 Å². The number of hydrogen-bond acceptors (Lipinski definition) is 4. The van der Waals surface area contributed by atoms with Crippen LogP contribution >= 0.6 is 11.3 Å². The van der Waals surface area contributed by atoms with Gasteiger partial charge >= 0.3 is 5.97 Å². The molecule has 2 N–H and O–H groups in total. The Labute approximate surface area is 138 Å². The SMILES string of the molecule is O=C(N[C@H]1CCC[C@H]1C(=O)O)c1csc(Cc2ccccc2)n1. The van der Waals surface area contributed by atoms with Crippen LogP contribution in [-0.2, 0) is 11.2 Å². The number of carboxylic acid groups (broad SMARTS) is 1. The number of carbonyl (C=O) groups is 2. The van der Waals surface area contributed by atoms with Crippen LogP contribution in [0, 0.1) is 5.92 Å². The first kappa shape index (κ1) is 15.7. The Morgan fingerprint density at radius 1 is 1.26 bits per heavy atom. The number of aromatic nitrogens is 1. The molecule has 0 unspecified atom stereocenters. The first-order chi connectivity index (χ1) is 11.1. The number of aliphatic carboxylic acids is 1. The van der Waals surface area contributed by atoms with Gasteiger partial charge in [0.2, 0.25) is 0 Å². The fourth-order valence-electron chi connectivity index (χ4n) is 2.94. The van der Waals surface area contributed by atoms with E-state index >= 15 is 0 Å². The predicted molar refractivity (Wildman–Crippen MR) is 87.6 cm³/mol. The van der Waals surface area contributed by atoms with Crippen molar-refractivity contribution in [2.24, 2.45) is 5.92 Å². The van der Waals surface area contributed by atoms with Gasteiger partial charge < -0.3 is 10.4 Å². The average molecular weight is 330 g/mol. The van der Waals surface area contributed by atoms with E-state index in [1.807, 2.05) is 30.3 Å². The van der Waals surface area contributed by atoms with E-state index in [2.05, 4.69) is 10.3 Å². The molecule has 1 aliphatic rings. The Hall–Kier alpha value is -2.21. The van der Waals surface area contributed by atoms with Crippen LogP contribution in [0.2, 0.25) is 0 Å². The highest BCUT2D eigenvalue weighted by atomic mass is 32.1. The molecule has 1 amide bonds. The molecule has 3 rings (SSSR count). The minimum absolute atomic E-state index is 0.279. The number of hydrogen-bond donors (Lipinski definition) is 2. The Morgan fingerprint density at radius 3 is 2.78 bits per heavy atom. The number of nitrogens with one attached hydrogen (secondary N) is 1. The molecule has 6 heteroatoms. The van der Waals surface area contributed by atoms with E-state index < -0.39 is 11.9 Å². The third-order valence-electron chi connectivity index (χ3n) is 4.13. The lowest BCUT2D eigenvalue weighted by atomic mass is 10.0. The lowest BCUT2D eigenvalue weighted by Crippen LogP contribution is -2.40. The number of nitrogens with zero attached hydrogens (tertiary/aromatic N) is 1. The van der Waals surface area contributed by atoms with Gasteiger partial charge in [-0.3, -0.25) is 9.59 Å². The molecule has 23 heavy (non-hydrogen) atoms. The molecule has 120 valence electrons. The second-order valence-electron chi connectivity index (χ2n) is 5.74.